The first-order valence-corrected chi connectivity index (χ1v) is 4.96. The first-order valence-electron chi connectivity index (χ1n) is 4.96. The molecular weight excluding hydrogens is 202 g/mol. The van der Waals surface area contributed by atoms with Crippen LogP contribution in [0.15, 0.2) is 43.0 Å². The number of hydrogen-bond acceptors (Lipinski definition) is 4. The van der Waals surface area contributed by atoms with Crippen molar-refractivity contribution in [2.75, 3.05) is 7.11 Å². The number of hydrogen-bond donors (Lipinski definition) is 1. The molecule has 0 aliphatic heterocycles. The molecule has 2 heterocycles. The molecule has 0 amide bonds. The maximum Gasteiger partial charge on any atom is 0.142 e. The summed E-state index contributed by atoms with van der Waals surface area (Å²) in [6, 6.07) is 5.42. The lowest BCUT2D eigenvalue weighted by Gasteiger charge is -2.14. The lowest BCUT2D eigenvalue weighted by Crippen LogP contribution is -2.13. The molecule has 0 saturated carbocycles. The van der Waals surface area contributed by atoms with E-state index in [1.54, 1.807) is 31.9 Å². The number of methoxy groups -OCH3 is 1. The van der Waals surface area contributed by atoms with Gasteiger partial charge in [-0.25, -0.2) is 0 Å². The largest absolute Gasteiger partial charge is 0.495 e. The molecule has 0 bridgehead atoms. The Hall–Kier alpha value is -1.94. The van der Waals surface area contributed by atoms with Crippen molar-refractivity contribution in [3.63, 3.8) is 0 Å². The Balaban J connectivity index is 2.37. The molecular formula is C12H13N3O. The molecule has 0 spiro atoms. The first kappa shape index (κ1) is 10.6. The van der Waals surface area contributed by atoms with Crippen molar-refractivity contribution in [3.05, 3.63) is 54.1 Å². The second-order valence-electron chi connectivity index (χ2n) is 3.38. The maximum absolute atomic E-state index is 6.14. The summed E-state index contributed by atoms with van der Waals surface area (Å²) in [5.74, 6) is 0.693. The molecule has 82 valence electrons. The van der Waals surface area contributed by atoms with Crippen LogP contribution in [0.5, 0.6) is 5.75 Å². The van der Waals surface area contributed by atoms with E-state index in [0.29, 0.717) is 5.75 Å². The fourth-order valence-electron chi connectivity index (χ4n) is 1.56. The normalized spacial score (nSPS) is 12.1. The van der Waals surface area contributed by atoms with Gasteiger partial charge in [-0.15, -0.1) is 0 Å². The van der Waals surface area contributed by atoms with Crippen LogP contribution in [0.3, 0.4) is 0 Å². The van der Waals surface area contributed by atoms with E-state index in [1.165, 1.54) is 0 Å². The second-order valence-corrected chi connectivity index (χ2v) is 3.38. The smallest absolute Gasteiger partial charge is 0.142 e. The third-order valence-electron chi connectivity index (χ3n) is 2.41. The Kier molecular flexibility index (Phi) is 3.12. The number of nitrogens with zero attached hydrogens (tertiary/aromatic N) is 2. The summed E-state index contributed by atoms with van der Waals surface area (Å²) in [7, 11) is 1.61. The number of aromatic nitrogens is 2. The standard InChI is InChI=1S/C12H13N3O/c1-16-11-8-15-6-4-10(11)12(13)9-3-2-5-14-7-9/h2-8,12H,13H2,1H3. The van der Waals surface area contributed by atoms with Crippen molar-refractivity contribution in [2.24, 2.45) is 5.73 Å². The van der Waals surface area contributed by atoms with Crippen molar-refractivity contribution in [2.45, 2.75) is 6.04 Å². The van der Waals surface area contributed by atoms with Gasteiger partial charge in [-0.1, -0.05) is 6.07 Å². The van der Waals surface area contributed by atoms with Crippen molar-refractivity contribution >= 4 is 0 Å². The fourth-order valence-corrected chi connectivity index (χ4v) is 1.56. The van der Waals surface area contributed by atoms with Gasteiger partial charge in [0, 0.05) is 24.2 Å². The van der Waals surface area contributed by atoms with Crippen LogP contribution >= 0.6 is 0 Å². The Morgan fingerprint density at radius 2 is 2.00 bits per heavy atom. The molecule has 1 atom stereocenters. The van der Waals surface area contributed by atoms with Crippen molar-refractivity contribution in [1.29, 1.82) is 0 Å². The summed E-state index contributed by atoms with van der Waals surface area (Å²) in [4.78, 5) is 8.05. The Morgan fingerprint density at radius 1 is 1.19 bits per heavy atom. The molecule has 0 radical (unpaired) electrons. The van der Waals surface area contributed by atoms with E-state index in [9.17, 15) is 0 Å². The van der Waals surface area contributed by atoms with E-state index in [1.807, 2.05) is 18.2 Å². The average Bonchev–Trinajstić information content (AvgIpc) is 2.39. The van der Waals surface area contributed by atoms with Gasteiger partial charge in [0.25, 0.3) is 0 Å². The molecule has 2 rings (SSSR count). The SMILES string of the molecule is COc1cnccc1C(N)c1cccnc1. The maximum atomic E-state index is 6.14. The van der Waals surface area contributed by atoms with Gasteiger partial charge in [-0.2, -0.15) is 0 Å². The van der Waals surface area contributed by atoms with E-state index >= 15 is 0 Å². The Bertz CT molecular complexity index is 459. The zero-order valence-electron chi connectivity index (χ0n) is 9.00. The molecule has 2 aromatic heterocycles. The zero-order valence-corrected chi connectivity index (χ0v) is 9.00. The summed E-state index contributed by atoms with van der Waals surface area (Å²) in [5, 5.41) is 0. The molecule has 4 nitrogen and oxygen atoms in total. The second kappa shape index (κ2) is 4.72. The van der Waals surface area contributed by atoms with Gasteiger partial charge in [0.15, 0.2) is 0 Å². The summed E-state index contributed by atoms with van der Waals surface area (Å²) >= 11 is 0. The highest BCUT2D eigenvalue weighted by Crippen LogP contribution is 2.26. The van der Waals surface area contributed by atoms with Crippen LogP contribution in [0.1, 0.15) is 17.2 Å². The topological polar surface area (TPSA) is 61.0 Å². The van der Waals surface area contributed by atoms with Gasteiger partial charge in [-0.05, 0) is 17.7 Å². The Morgan fingerprint density at radius 3 is 2.69 bits per heavy atom. The van der Waals surface area contributed by atoms with E-state index in [0.717, 1.165) is 11.1 Å². The summed E-state index contributed by atoms with van der Waals surface area (Å²) in [6.45, 7) is 0. The van der Waals surface area contributed by atoms with Crippen molar-refractivity contribution in [1.82, 2.24) is 9.97 Å². The van der Waals surface area contributed by atoms with Crippen LogP contribution in [0.4, 0.5) is 0 Å². The quantitative estimate of drug-likeness (QED) is 0.843. The van der Waals surface area contributed by atoms with Crippen LogP contribution in [-0.2, 0) is 0 Å². The van der Waals surface area contributed by atoms with E-state index in [4.69, 9.17) is 10.5 Å². The van der Waals surface area contributed by atoms with Gasteiger partial charge in [-0.3, -0.25) is 9.97 Å². The minimum Gasteiger partial charge on any atom is -0.495 e. The van der Waals surface area contributed by atoms with Crippen LogP contribution < -0.4 is 10.5 Å². The van der Waals surface area contributed by atoms with Gasteiger partial charge >= 0.3 is 0 Å². The highest BCUT2D eigenvalue weighted by Gasteiger charge is 2.13. The van der Waals surface area contributed by atoms with Gasteiger partial charge in [0.05, 0.1) is 19.3 Å². The van der Waals surface area contributed by atoms with Crippen LogP contribution in [0.2, 0.25) is 0 Å². The number of pyridine rings is 2. The van der Waals surface area contributed by atoms with Gasteiger partial charge < -0.3 is 10.5 Å². The zero-order chi connectivity index (χ0) is 11.4. The van der Waals surface area contributed by atoms with Gasteiger partial charge in [0.1, 0.15) is 5.75 Å². The molecule has 16 heavy (non-hydrogen) atoms. The molecule has 0 aliphatic rings. The molecule has 0 saturated heterocycles. The molecule has 2 aromatic rings. The molecule has 0 fully saturated rings. The lowest BCUT2D eigenvalue weighted by molar-refractivity contribution is 0.406. The minimum absolute atomic E-state index is 0.244. The average molecular weight is 215 g/mol. The molecule has 0 aromatic carbocycles. The van der Waals surface area contributed by atoms with E-state index < -0.39 is 0 Å². The number of ether oxygens (including phenoxy) is 1. The summed E-state index contributed by atoms with van der Waals surface area (Å²) < 4.78 is 5.23. The highest BCUT2D eigenvalue weighted by atomic mass is 16.5. The van der Waals surface area contributed by atoms with Gasteiger partial charge in [0.2, 0.25) is 0 Å². The van der Waals surface area contributed by atoms with Crippen molar-refractivity contribution < 1.29 is 4.74 Å². The predicted molar refractivity (Wildman–Crippen MR) is 61.1 cm³/mol. The first-order chi connectivity index (χ1) is 7.83. The highest BCUT2D eigenvalue weighted by molar-refractivity contribution is 5.38. The number of nitrogens with two attached hydrogens (primary N) is 1. The number of rotatable bonds is 3. The lowest BCUT2D eigenvalue weighted by atomic mass is 10.0. The van der Waals surface area contributed by atoms with E-state index in [-0.39, 0.29) is 6.04 Å². The molecule has 2 N–H and O–H groups in total. The molecule has 0 aliphatic carbocycles. The fraction of sp³-hybridized carbons (Fsp3) is 0.167. The predicted octanol–water partition coefficient (Wildman–Crippen LogP) is 1.53. The monoisotopic (exact) mass is 215 g/mol. The van der Waals surface area contributed by atoms with Crippen molar-refractivity contribution in [3.8, 4) is 5.75 Å². The van der Waals surface area contributed by atoms with Crippen LogP contribution in [0, 0.1) is 0 Å². The van der Waals surface area contributed by atoms with E-state index in [2.05, 4.69) is 9.97 Å². The van der Waals surface area contributed by atoms with Crippen LogP contribution in [-0.4, -0.2) is 17.1 Å². The Labute approximate surface area is 94.1 Å². The molecule has 1 unspecified atom stereocenters. The third kappa shape index (κ3) is 2.01. The summed E-state index contributed by atoms with van der Waals surface area (Å²) in [6.07, 6.45) is 6.84. The summed E-state index contributed by atoms with van der Waals surface area (Å²) in [5.41, 5.74) is 8.00. The minimum atomic E-state index is -0.244. The van der Waals surface area contributed by atoms with Crippen LogP contribution in [0.25, 0.3) is 0 Å². The molecule has 4 heteroatoms. The third-order valence-corrected chi connectivity index (χ3v) is 2.41.